The molecule has 0 saturated carbocycles. The summed E-state index contributed by atoms with van der Waals surface area (Å²) in [6.45, 7) is 19.9. The molecular weight excluding hydrogens is 525 g/mol. The highest BCUT2D eigenvalue weighted by Crippen LogP contribution is 2.41. The van der Waals surface area contributed by atoms with Crippen molar-refractivity contribution in [3.63, 3.8) is 0 Å². The van der Waals surface area contributed by atoms with Crippen molar-refractivity contribution in [1.29, 1.82) is 0 Å². The van der Waals surface area contributed by atoms with Crippen LogP contribution in [0.25, 0.3) is 16.6 Å². The third-order valence-electron chi connectivity index (χ3n) is 8.10. The number of carbonyl (C=O) groups is 1. The highest BCUT2D eigenvalue weighted by atomic mass is 19.1. The van der Waals surface area contributed by atoms with Crippen molar-refractivity contribution in [2.75, 3.05) is 6.54 Å². The molecule has 2 heterocycles. The summed E-state index contributed by atoms with van der Waals surface area (Å²) < 4.78 is 15.3. The Morgan fingerprint density at radius 3 is 2.29 bits per heavy atom. The van der Waals surface area contributed by atoms with Crippen LogP contribution in [-0.4, -0.2) is 27.3 Å². The van der Waals surface area contributed by atoms with Crippen molar-refractivity contribution < 1.29 is 9.18 Å². The van der Waals surface area contributed by atoms with Crippen LogP contribution in [-0.2, 0) is 11.0 Å². The zero-order valence-electron chi connectivity index (χ0n) is 26.5. The van der Waals surface area contributed by atoms with Crippen LogP contribution >= 0.6 is 0 Å². The number of amides is 2. The van der Waals surface area contributed by atoms with E-state index in [1.807, 2.05) is 37.0 Å². The third kappa shape index (κ3) is 7.18. The van der Waals surface area contributed by atoms with E-state index in [1.54, 1.807) is 12.1 Å². The smallest absolute Gasteiger partial charge is 0.315 e. The average molecular weight is 572 g/mol. The molecule has 1 atom stereocenters. The van der Waals surface area contributed by atoms with E-state index in [-0.39, 0.29) is 28.6 Å². The van der Waals surface area contributed by atoms with Crippen molar-refractivity contribution in [2.24, 2.45) is 11.3 Å². The van der Waals surface area contributed by atoms with Crippen molar-refractivity contribution in [3.05, 3.63) is 89.6 Å². The minimum absolute atomic E-state index is 0.0769. The van der Waals surface area contributed by atoms with Crippen LogP contribution in [0.5, 0.6) is 0 Å². The van der Waals surface area contributed by atoms with Crippen molar-refractivity contribution >= 4 is 16.9 Å². The SMILES string of the molecule is CC(C)CC(c1ccc2c(cnn2-c2ccc(F)cc2)c1)C(C)(C)CNC(=O)NC(C)(C)c1ccnc(C(C)(C)C)c1. The Morgan fingerprint density at radius 2 is 1.64 bits per heavy atom. The van der Waals surface area contributed by atoms with Crippen LogP contribution < -0.4 is 10.6 Å². The number of nitrogens with zero attached hydrogens (tertiary/aromatic N) is 3. The number of fused-ring (bicyclic) bond motifs is 1. The van der Waals surface area contributed by atoms with E-state index in [2.05, 4.69) is 93.4 Å². The van der Waals surface area contributed by atoms with Gasteiger partial charge in [0.1, 0.15) is 5.82 Å². The minimum atomic E-state index is -0.565. The van der Waals surface area contributed by atoms with Crippen LogP contribution in [0.1, 0.15) is 91.5 Å². The van der Waals surface area contributed by atoms with Gasteiger partial charge in [0.25, 0.3) is 0 Å². The van der Waals surface area contributed by atoms with Crippen molar-refractivity contribution in [1.82, 2.24) is 25.4 Å². The first kappa shape index (κ1) is 31.2. The number of carbonyl (C=O) groups excluding carboxylic acids is 1. The van der Waals surface area contributed by atoms with Gasteiger partial charge in [-0.15, -0.1) is 0 Å². The van der Waals surface area contributed by atoms with Crippen molar-refractivity contribution in [2.45, 2.75) is 85.6 Å². The Bertz CT molecular complexity index is 1530. The maximum Gasteiger partial charge on any atom is 0.315 e. The molecule has 6 nitrogen and oxygen atoms in total. The average Bonchev–Trinajstić information content (AvgIpc) is 3.33. The van der Waals surface area contributed by atoms with Gasteiger partial charge in [-0.2, -0.15) is 5.10 Å². The molecule has 2 amide bonds. The monoisotopic (exact) mass is 571 g/mol. The molecule has 0 bridgehead atoms. The van der Waals surface area contributed by atoms with E-state index in [4.69, 9.17) is 0 Å². The van der Waals surface area contributed by atoms with Gasteiger partial charge < -0.3 is 10.6 Å². The van der Waals surface area contributed by atoms with Crippen LogP contribution in [0.15, 0.2) is 67.0 Å². The molecule has 0 spiro atoms. The second-order valence-electron chi connectivity index (χ2n) is 14.1. The fourth-order valence-corrected chi connectivity index (χ4v) is 5.49. The predicted molar refractivity (Wildman–Crippen MR) is 170 cm³/mol. The maximum absolute atomic E-state index is 13.5. The molecule has 2 aromatic carbocycles. The summed E-state index contributed by atoms with van der Waals surface area (Å²) in [4.78, 5) is 17.7. The summed E-state index contributed by atoms with van der Waals surface area (Å²) in [7, 11) is 0. The van der Waals surface area contributed by atoms with Gasteiger partial charge in [-0.25, -0.2) is 13.9 Å². The van der Waals surface area contributed by atoms with Crippen LogP contribution in [0.2, 0.25) is 0 Å². The largest absolute Gasteiger partial charge is 0.338 e. The zero-order valence-corrected chi connectivity index (χ0v) is 26.5. The molecule has 0 radical (unpaired) electrons. The summed E-state index contributed by atoms with van der Waals surface area (Å²) >= 11 is 0. The first-order chi connectivity index (χ1) is 19.6. The standard InChI is InChI=1S/C35H46FN5O/c1-23(2)18-29(24-10-15-30-25(19-24)21-39-41(30)28-13-11-27(36)12-14-28)34(6,7)22-38-32(42)40-35(8,9)26-16-17-37-31(20-26)33(3,4)5/h10-17,19-21,23,29H,18,22H2,1-9H3,(H2,38,40,42). The van der Waals surface area contributed by atoms with Crippen LogP contribution in [0.3, 0.4) is 0 Å². The highest BCUT2D eigenvalue weighted by Gasteiger charge is 2.33. The first-order valence-electron chi connectivity index (χ1n) is 14.8. The Kier molecular flexibility index (Phi) is 8.81. The van der Waals surface area contributed by atoms with E-state index < -0.39 is 5.54 Å². The van der Waals surface area contributed by atoms with E-state index >= 15 is 0 Å². The minimum Gasteiger partial charge on any atom is -0.338 e. The Labute approximate surface area is 250 Å². The van der Waals surface area contributed by atoms with Gasteiger partial charge in [-0.1, -0.05) is 54.5 Å². The molecular formula is C35H46FN5O. The van der Waals surface area contributed by atoms with Gasteiger partial charge in [0, 0.05) is 29.2 Å². The maximum atomic E-state index is 13.5. The van der Waals surface area contributed by atoms with Gasteiger partial charge in [0.2, 0.25) is 0 Å². The second kappa shape index (κ2) is 11.9. The Morgan fingerprint density at radius 1 is 0.952 bits per heavy atom. The molecule has 0 saturated heterocycles. The number of urea groups is 1. The lowest BCUT2D eigenvalue weighted by Crippen LogP contribution is -2.49. The van der Waals surface area contributed by atoms with Gasteiger partial charge in [0.05, 0.1) is 22.9 Å². The van der Waals surface area contributed by atoms with Gasteiger partial charge in [-0.3, -0.25) is 4.98 Å². The van der Waals surface area contributed by atoms with Crippen LogP contribution in [0, 0.1) is 17.2 Å². The number of halogens is 1. The van der Waals surface area contributed by atoms with E-state index in [1.165, 1.54) is 17.7 Å². The fraction of sp³-hybridized carbons (Fsp3) is 0.457. The fourth-order valence-electron chi connectivity index (χ4n) is 5.49. The number of nitrogens with one attached hydrogen (secondary N) is 2. The molecule has 0 aliphatic carbocycles. The summed E-state index contributed by atoms with van der Waals surface area (Å²) in [6.07, 6.45) is 4.66. The highest BCUT2D eigenvalue weighted by molar-refractivity contribution is 5.81. The molecule has 2 N–H and O–H groups in total. The Balaban J connectivity index is 1.51. The quantitative estimate of drug-likeness (QED) is 0.212. The lowest BCUT2D eigenvalue weighted by molar-refractivity contribution is 0.210. The Hall–Kier alpha value is -3.74. The van der Waals surface area contributed by atoms with E-state index in [0.29, 0.717) is 12.5 Å². The number of aromatic nitrogens is 3. The normalized spacial score (nSPS) is 13.4. The molecule has 4 rings (SSSR count). The first-order valence-corrected chi connectivity index (χ1v) is 14.8. The summed E-state index contributed by atoms with van der Waals surface area (Å²) in [5, 5.41) is 12.0. The number of hydrogen-bond donors (Lipinski definition) is 2. The number of benzene rings is 2. The summed E-state index contributed by atoms with van der Waals surface area (Å²) in [6, 6.07) is 16.7. The molecule has 224 valence electrons. The molecule has 42 heavy (non-hydrogen) atoms. The molecule has 1 unspecified atom stereocenters. The van der Waals surface area contributed by atoms with E-state index in [9.17, 15) is 9.18 Å². The number of hydrogen-bond acceptors (Lipinski definition) is 3. The molecule has 0 fully saturated rings. The summed E-state index contributed by atoms with van der Waals surface area (Å²) in [5.41, 5.74) is 4.15. The number of rotatable bonds is 9. The molecule has 2 aromatic heterocycles. The molecule has 0 aliphatic rings. The summed E-state index contributed by atoms with van der Waals surface area (Å²) in [5.74, 6) is 0.413. The molecule has 7 heteroatoms. The lowest BCUT2D eigenvalue weighted by atomic mass is 9.71. The lowest BCUT2D eigenvalue weighted by Gasteiger charge is -2.37. The third-order valence-corrected chi connectivity index (χ3v) is 8.10. The predicted octanol–water partition coefficient (Wildman–Crippen LogP) is 8.25. The topological polar surface area (TPSA) is 71.8 Å². The van der Waals surface area contributed by atoms with E-state index in [0.717, 1.165) is 34.3 Å². The zero-order chi connectivity index (χ0) is 30.9. The number of pyridine rings is 1. The van der Waals surface area contributed by atoms with Gasteiger partial charge >= 0.3 is 6.03 Å². The second-order valence-corrected chi connectivity index (χ2v) is 14.1. The van der Waals surface area contributed by atoms with Crippen molar-refractivity contribution in [3.8, 4) is 5.69 Å². The molecule has 4 aromatic rings. The van der Waals surface area contributed by atoms with Gasteiger partial charge in [0.15, 0.2) is 0 Å². The van der Waals surface area contributed by atoms with Crippen LogP contribution in [0.4, 0.5) is 9.18 Å². The molecule has 0 aliphatic heterocycles. The van der Waals surface area contributed by atoms with Gasteiger partial charge in [-0.05, 0) is 97.2 Å².